The minimum absolute atomic E-state index is 0.0440. The second-order valence-corrected chi connectivity index (χ2v) is 5.94. The highest BCUT2D eigenvalue weighted by Crippen LogP contribution is 2.26. The molecule has 0 bridgehead atoms. The highest BCUT2D eigenvalue weighted by atomic mass is 16.1. The largest absolute Gasteiger partial charge is 0.305 e. The molecule has 0 spiro atoms. The van der Waals surface area contributed by atoms with E-state index in [9.17, 15) is 9.59 Å². The van der Waals surface area contributed by atoms with Crippen molar-refractivity contribution >= 4 is 5.78 Å². The molecule has 3 heteroatoms. The number of carbonyl (C=O) groups excluding carboxylic acids is 1. The van der Waals surface area contributed by atoms with E-state index in [4.69, 9.17) is 0 Å². The number of pyridine rings is 1. The zero-order valence-electron chi connectivity index (χ0n) is 13.9. The van der Waals surface area contributed by atoms with Gasteiger partial charge in [-0.25, -0.2) is 0 Å². The van der Waals surface area contributed by atoms with Crippen LogP contribution in [0.2, 0.25) is 0 Å². The molecule has 0 aliphatic carbocycles. The Morgan fingerprint density at radius 3 is 2.41 bits per heavy atom. The maximum Gasteiger partial charge on any atom is 0.262 e. The number of nitrogens with zero attached hydrogens (tertiary/aromatic N) is 1. The molecule has 1 aromatic carbocycles. The Kier molecular flexibility index (Phi) is 4.65. The van der Waals surface area contributed by atoms with Gasteiger partial charge in [-0.15, -0.1) is 0 Å². The van der Waals surface area contributed by atoms with Crippen molar-refractivity contribution in [1.29, 1.82) is 0 Å². The van der Waals surface area contributed by atoms with Crippen molar-refractivity contribution in [2.45, 2.75) is 47.1 Å². The molecule has 1 heterocycles. The molecule has 22 heavy (non-hydrogen) atoms. The van der Waals surface area contributed by atoms with Crippen LogP contribution in [-0.2, 0) is 0 Å². The van der Waals surface area contributed by atoms with Crippen LogP contribution in [0.1, 0.15) is 54.7 Å². The molecule has 0 N–H and O–H groups in total. The summed E-state index contributed by atoms with van der Waals surface area (Å²) in [4.78, 5) is 24.4. The van der Waals surface area contributed by atoms with Gasteiger partial charge in [0.25, 0.3) is 5.56 Å². The van der Waals surface area contributed by atoms with Crippen LogP contribution in [0, 0.1) is 13.8 Å². The van der Waals surface area contributed by atoms with Gasteiger partial charge in [0, 0.05) is 11.6 Å². The first-order chi connectivity index (χ1) is 10.4. The van der Waals surface area contributed by atoms with Crippen molar-refractivity contribution in [2.75, 3.05) is 0 Å². The molecule has 0 aliphatic rings. The number of rotatable bonds is 4. The SMILES string of the molecule is CCC(C)n1c(-c2ccc(C)cc2C)ccc(C(C)=O)c1=O. The summed E-state index contributed by atoms with van der Waals surface area (Å²) in [5.74, 6) is -0.186. The summed E-state index contributed by atoms with van der Waals surface area (Å²) in [5, 5.41) is 0. The maximum absolute atomic E-state index is 12.7. The summed E-state index contributed by atoms with van der Waals surface area (Å²) in [6.07, 6.45) is 0.833. The van der Waals surface area contributed by atoms with Gasteiger partial charge in [-0.2, -0.15) is 0 Å². The quantitative estimate of drug-likeness (QED) is 0.789. The van der Waals surface area contributed by atoms with Gasteiger partial charge in [0.15, 0.2) is 5.78 Å². The second-order valence-electron chi connectivity index (χ2n) is 5.94. The standard InChI is InChI=1S/C19H23NO2/c1-6-14(4)20-18(10-9-17(15(5)21)19(20)22)16-8-7-12(2)11-13(16)3/h7-11,14H,6H2,1-5H3. The summed E-state index contributed by atoms with van der Waals surface area (Å²) in [5.41, 5.74) is 4.30. The van der Waals surface area contributed by atoms with E-state index in [1.807, 2.05) is 39.0 Å². The molecule has 1 unspecified atom stereocenters. The predicted octanol–water partition coefficient (Wildman–Crippen LogP) is 4.31. The fraction of sp³-hybridized carbons (Fsp3) is 0.368. The van der Waals surface area contributed by atoms with E-state index in [-0.39, 0.29) is 22.9 Å². The molecule has 1 aromatic heterocycles. The highest BCUT2D eigenvalue weighted by molar-refractivity contribution is 5.94. The number of benzene rings is 1. The van der Waals surface area contributed by atoms with Gasteiger partial charge < -0.3 is 4.57 Å². The third kappa shape index (κ3) is 2.89. The van der Waals surface area contributed by atoms with E-state index < -0.39 is 0 Å². The lowest BCUT2D eigenvalue weighted by molar-refractivity contribution is 0.101. The van der Waals surface area contributed by atoms with Gasteiger partial charge in [-0.1, -0.05) is 30.7 Å². The van der Waals surface area contributed by atoms with E-state index in [0.717, 1.165) is 23.2 Å². The Morgan fingerprint density at radius 2 is 1.86 bits per heavy atom. The summed E-state index contributed by atoms with van der Waals surface area (Å²) in [6.45, 7) is 9.60. The fourth-order valence-electron chi connectivity index (χ4n) is 2.76. The van der Waals surface area contributed by atoms with Gasteiger partial charge in [0.2, 0.25) is 0 Å². The molecule has 0 fully saturated rings. The minimum atomic E-state index is -0.195. The number of carbonyl (C=O) groups is 1. The summed E-state index contributed by atoms with van der Waals surface area (Å²) in [7, 11) is 0. The minimum Gasteiger partial charge on any atom is -0.305 e. The molecule has 116 valence electrons. The third-order valence-electron chi connectivity index (χ3n) is 4.19. The van der Waals surface area contributed by atoms with Crippen molar-refractivity contribution in [2.24, 2.45) is 0 Å². The molecular formula is C19H23NO2. The topological polar surface area (TPSA) is 39.1 Å². The third-order valence-corrected chi connectivity index (χ3v) is 4.19. The second kappa shape index (κ2) is 6.30. The summed E-state index contributed by atoms with van der Waals surface area (Å²) in [6, 6.07) is 9.79. The Morgan fingerprint density at radius 1 is 1.18 bits per heavy atom. The molecule has 0 radical (unpaired) electrons. The number of Topliss-reactive ketones (excluding diaryl/α,β-unsaturated/α-hetero) is 1. The van der Waals surface area contributed by atoms with E-state index in [1.54, 1.807) is 10.6 Å². The monoisotopic (exact) mass is 297 g/mol. The van der Waals surface area contributed by atoms with Gasteiger partial charge in [-0.3, -0.25) is 9.59 Å². The first kappa shape index (κ1) is 16.2. The molecular weight excluding hydrogens is 274 g/mol. The first-order valence-electron chi connectivity index (χ1n) is 7.71. The Balaban J connectivity index is 2.78. The average Bonchev–Trinajstić information content (AvgIpc) is 2.46. The number of aryl methyl sites for hydroxylation is 2. The van der Waals surface area contributed by atoms with Crippen molar-refractivity contribution in [3.63, 3.8) is 0 Å². The van der Waals surface area contributed by atoms with Crippen molar-refractivity contribution in [3.05, 3.63) is 57.4 Å². The molecule has 0 amide bonds. The Hall–Kier alpha value is -2.16. The number of hydrogen-bond donors (Lipinski definition) is 0. The average molecular weight is 297 g/mol. The molecule has 0 aliphatic heterocycles. The molecule has 0 saturated carbocycles. The van der Waals surface area contributed by atoms with Crippen LogP contribution >= 0.6 is 0 Å². The van der Waals surface area contributed by atoms with E-state index >= 15 is 0 Å². The smallest absolute Gasteiger partial charge is 0.262 e. The van der Waals surface area contributed by atoms with Crippen molar-refractivity contribution in [3.8, 4) is 11.3 Å². The van der Waals surface area contributed by atoms with E-state index in [0.29, 0.717) is 0 Å². The van der Waals surface area contributed by atoms with Gasteiger partial charge >= 0.3 is 0 Å². The van der Waals surface area contributed by atoms with E-state index in [1.165, 1.54) is 12.5 Å². The van der Waals surface area contributed by atoms with Crippen LogP contribution < -0.4 is 5.56 Å². The van der Waals surface area contributed by atoms with Crippen molar-refractivity contribution in [1.82, 2.24) is 4.57 Å². The van der Waals surface area contributed by atoms with Crippen LogP contribution in [0.25, 0.3) is 11.3 Å². The molecule has 1 atom stereocenters. The fourth-order valence-corrected chi connectivity index (χ4v) is 2.76. The first-order valence-corrected chi connectivity index (χ1v) is 7.71. The number of ketones is 1. The van der Waals surface area contributed by atoms with Gasteiger partial charge in [0.1, 0.15) is 0 Å². The zero-order valence-corrected chi connectivity index (χ0v) is 13.9. The van der Waals surface area contributed by atoms with Crippen LogP contribution in [0.3, 0.4) is 0 Å². The Bertz CT molecular complexity index is 771. The molecule has 2 aromatic rings. The van der Waals surface area contributed by atoms with E-state index in [2.05, 4.69) is 13.0 Å². The highest BCUT2D eigenvalue weighted by Gasteiger charge is 2.17. The van der Waals surface area contributed by atoms with Gasteiger partial charge in [-0.05, 0) is 51.8 Å². The van der Waals surface area contributed by atoms with Crippen LogP contribution in [0.15, 0.2) is 35.1 Å². The summed E-state index contributed by atoms with van der Waals surface area (Å²) >= 11 is 0. The van der Waals surface area contributed by atoms with Crippen LogP contribution in [0.4, 0.5) is 0 Å². The molecule has 2 rings (SSSR count). The number of aromatic nitrogens is 1. The Labute approximate surface area is 131 Å². The lowest BCUT2D eigenvalue weighted by Crippen LogP contribution is -2.29. The maximum atomic E-state index is 12.7. The number of hydrogen-bond acceptors (Lipinski definition) is 2. The van der Waals surface area contributed by atoms with Gasteiger partial charge in [0.05, 0.1) is 11.3 Å². The molecule has 3 nitrogen and oxygen atoms in total. The van der Waals surface area contributed by atoms with Crippen molar-refractivity contribution < 1.29 is 4.79 Å². The van der Waals surface area contributed by atoms with Crippen LogP contribution in [0.5, 0.6) is 0 Å². The molecule has 0 saturated heterocycles. The lowest BCUT2D eigenvalue weighted by atomic mass is 10.0. The lowest BCUT2D eigenvalue weighted by Gasteiger charge is -2.21. The normalized spacial score (nSPS) is 12.2. The predicted molar refractivity (Wildman–Crippen MR) is 90.6 cm³/mol. The summed E-state index contributed by atoms with van der Waals surface area (Å²) < 4.78 is 1.76. The van der Waals surface area contributed by atoms with Crippen LogP contribution in [-0.4, -0.2) is 10.4 Å². The zero-order chi connectivity index (χ0) is 16.4.